The molecule has 0 atom stereocenters. The predicted molar refractivity (Wildman–Crippen MR) is 112 cm³/mol. The van der Waals surface area contributed by atoms with Crippen molar-refractivity contribution in [1.29, 1.82) is 0 Å². The molecule has 5 rings (SSSR count). The molecule has 2 aromatic heterocycles. The van der Waals surface area contributed by atoms with Gasteiger partial charge in [0.2, 0.25) is 0 Å². The van der Waals surface area contributed by atoms with Gasteiger partial charge in [0, 0.05) is 18.5 Å². The van der Waals surface area contributed by atoms with Crippen LogP contribution >= 0.6 is 0 Å². The van der Waals surface area contributed by atoms with Gasteiger partial charge in [0.1, 0.15) is 11.6 Å². The summed E-state index contributed by atoms with van der Waals surface area (Å²) in [7, 11) is 0. The van der Waals surface area contributed by atoms with Crippen molar-refractivity contribution in [3.05, 3.63) is 66.0 Å². The minimum Gasteiger partial charge on any atom is -0.378 e. The highest BCUT2D eigenvalue weighted by Gasteiger charge is 2.18. The smallest absolute Gasteiger partial charge is 0.252 e. The zero-order chi connectivity index (χ0) is 19.6. The maximum atomic E-state index is 13.1. The van der Waals surface area contributed by atoms with Crippen LogP contribution in [-0.2, 0) is 11.3 Å². The van der Waals surface area contributed by atoms with Crippen LogP contribution in [0.25, 0.3) is 21.9 Å². The van der Waals surface area contributed by atoms with Gasteiger partial charge in [-0.05, 0) is 24.3 Å². The number of amides is 1. The molecule has 2 aromatic carbocycles. The third kappa shape index (κ3) is 3.52. The number of ether oxygens (including phenoxy) is 1. The van der Waals surface area contributed by atoms with E-state index in [1.807, 2.05) is 54.6 Å². The summed E-state index contributed by atoms with van der Waals surface area (Å²) in [5, 5.41) is 3.83. The lowest BCUT2D eigenvalue weighted by molar-refractivity contribution is 0.0951. The highest BCUT2D eigenvalue weighted by atomic mass is 16.5. The number of fused-ring (bicyclic) bond motifs is 2. The van der Waals surface area contributed by atoms with Gasteiger partial charge in [-0.15, -0.1) is 0 Å². The maximum absolute atomic E-state index is 13.1. The van der Waals surface area contributed by atoms with Gasteiger partial charge in [-0.2, -0.15) is 0 Å². The highest BCUT2D eigenvalue weighted by Crippen LogP contribution is 2.24. The van der Waals surface area contributed by atoms with Crippen molar-refractivity contribution >= 4 is 33.7 Å². The molecule has 1 amide bonds. The first-order valence-corrected chi connectivity index (χ1v) is 9.72. The van der Waals surface area contributed by atoms with Crippen molar-refractivity contribution in [2.75, 3.05) is 31.2 Å². The average Bonchev–Trinajstić information content (AvgIpc) is 3.20. The van der Waals surface area contributed by atoms with E-state index in [1.165, 1.54) is 0 Å². The van der Waals surface area contributed by atoms with E-state index in [1.54, 1.807) is 0 Å². The van der Waals surface area contributed by atoms with Gasteiger partial charge in [0.25, 0.3) is 5.91 Å². The molecule has 29 heavy (non-hydrogen) atoms. The Morgan fingerprint density at radius 2 is 1.79 bits per heavy atom. The monoisotopic (exact) mass is 387 g/mol. The van der Waals surface area contributed by atoms with E-state index in [4.69, 9.17) is 9.72 Å². The molecule has 146 valence electrons. The first-order chi connectivity index (χ1) is 14.3. The summed E-state index contributed by atoms with van der Waals surface area (Å²) in [6, 6.07) is 17.4. The third-order valence-corrected chi connectivity index (χ3v) is 5.14. The fourth-order valence-corrected chi connectivity index (χ4v) is 3.65. The molecule has 0 aliphatic carbocycles. The largest absolute Gasteiger partial charge is 0.378 e. The van der Waals surface area contributed by atoms with Gasteiger partial charge in [0.15, 0.2) is 0 Å². The fourth-order valence-electron chi connectivity index (χ4n) is 3.65. The number of carbonyl (C=O) groups is 1. The van der Waals surface area contributed by atoms with E-state index >= 15 is 0 Å². The van der Waals surface area contributed by atoms with Crippen molar-refractivity contribution in [1.82, 2.24) is 20.3 Å². The van der Waals surface area contributed by atoms with Gasteiger partial charge in [0.05, 0.1) is 41.9 Å². The summed E-state index contributed by atoms with van der Waals surface area (Å²) in [6.07, 6.45) is 0. The summed E-state index contributed by atoms with van der Waals surface area (Å²) < 4.78 is 5.44. The number of benzene rings is 2. The number of carbonyl (C=O) groups excluding carboxylic acids is 1. The van der Waals surface area contributed by atoms with E-state index in [2.05, 4.69) is 20.2 Å². The number of hydrogen-bond acceptors (Lipinski definition) is 5. The average molecular weight is 387 g/mol. The van der Waals surface area contributed by atoms with Gasteiger partial charge in [-0.25, -0.2) is 9.97 Å². The van der Waals surface area contributed by atoms with Crippen LogP contribution in [0.15, 0.2) is 54.6 Å². The summed E-state index contributed by atoms with van der Waals surface area (Å²) >= 11 is 0. The van der Waals surface area contributed by atoms with Gasteiger partial charge < -0.3 is 19.9 Å². The van der Waals surface area contributed by atoms with Crippen molar-refractivity contribution < 1.29 is 9.53 Å². The highest BCUT2D eigenvalue weighted by molar-refractivity contribution is 6.07. The number of pyridine rings is 1. The summed E-state index contributed by atoms with van der Waals surface area (Å²) in [6.45, 7) is 3.21. The molecule has 0 bridgehead atoms. The lowest BCUT2D eigenvalue weighted by Gasteiger charge is -2.28. The number of nitrogens with one attached hydrogen (secondary N) is 2. The van der Waals surface area contributed by atoms with E-state index in [0.717, 1.165) is 46.7 Å². The molecule has 7 nitrogen and oxygen atoms in total. The zero-order valence-electron chi connectivity index (χ0n) is 15.9. The van der Waals surface area contributed by atoms with Gasteiger partial charge >= 0.3 is 0 Å². The van der Waals surface area contributed by atoms with Crippen LogP contribution in [0.5, 0.6) is 0 Å². The maximum Gasteiger partial charge on any atom is 0.252 e. The van der Waals surface area contributed by atoms with Crippen LogP contribution in [0.1, 0.15) is 16.2 Å². The van der Waals surface area contributed by atoms with Gasteiger partial charge in [-0.3, -0.25) is 4.79 Å². The lowest BCUT2D eigenvalue weighted by Crippen LogP contribution is -2.37. The molecular formula is C22H21N5O2. The number of hydrogen-bond donors (Lipinski definition) is 2. The van der Waals surface area contributed by atoms with Crippen LogP contribution in [0, 0.1) is 0 Å². The first-order valence-electron chi connectivity index (χ1n) is 9.72. The number of rotatable bonds is 4. The Hall–Kier alpha value is -3.45. The summed E-state index contributed by atoms with van der Waals surface area (Å²) in [4.78, 5) is 27.7. The standard InChI is InChI=1S/C22H21N5O2/c28-22(23-14-20-24-18-7-3-4-8-19(18)25-20)16-13-21(27-9-11-29-12-10-27)26-17-6-2-1-5-15(16)17/h1-8,13H,9-12,14H2,(H,23,28)(H,24,25). The van der Waals surface area contributed by atoms with Crippen molar-refractivity contribution in [2.45, 2.75) is 6.54 Å². The van der Waals surface area contributed by atoms with Crippen molar-refractivity contribution in [3.8, 4) is 0 Å². The Kier molecular flexibility index (Phi) is 4.57. The number of para-hydroxylation sites is 3. The number of H-pyrrole nitrogens is 1. The number of aromatic amines is 1. The molecule has 1 aliphatic heterocycles. The van der Waals surface area contributed by atoms with Crippen LogP contribution in [-0.4, -0.2) is 47.2 Å². The van der Waals surface area contributed by atoms with E-state index in [-0.39, 0.29) is 5.91 Å². The fraction of sp³-hybridized carbons (Fsp3) is 0.227. The molecular weight excluding hydrogens is 366 g/mol. The number of anilines is 1. The lowest BCUT2D eigenvalue weighted by atomic mass is 10.1. The van der Waals surface area contributed by atoms with Crippen molar-refractivity contribution in [2.24, 2.45) is 0 Å². The second kappa shape index (κ2) is 7.52. The van der Waals surface area contributed by atoms with Crippen LogP contribution in [0.3, 0.4) is 0 Å². The van der Waals surface area contributed by atoms with E-state index in [0.29, 0.717) is 25.3 Å². The normalized spacial score (nSPS) is 14.4. The first kappa shape index (κ1) is 17.6. The minimum atomic E-state index is -0.140. The number of nitrogens with zero attached hydrogens (tertiary/aromatic N) is 3. The molecule has 0 radical (unpaired) electrons. The Balaban J connectivity index is 1.43. The van der Waals surface area contributed by atoms with E-state index in [9.17, 15) is 4.79 Å². The molecule has 2 N–H and O–H groups in total. The second-order valence-corrected chi connectivity index (χ2v) is 7.03. The molecule has 7 heteroatoms. The Morgan fingerprint density at radius 1 is 1.03 bits per heavy atom. The van der Waals surface area contributed by atoms with Crippen LogP contribution in [0.2, 0.25) is 0 Å². The quantitative estimate of drug-likeness (QED) is 0.563. The molecule has 3 heterocycles. The number of aromatic nitrogens is 3. The Bertz CT molecular complexity index is 1150. The van der Waals surface area contributed by atoms with Crippen LogP contribution in [0.4, 0.5) is 5.82 Å². The molecule has 0 unspecified atom stereocenters. The second-order valence-electron chi connectivity index (χ2n) is 7.03. The molecule has 1 fully saturated rings. The number of imidazole rings is 1. The molecule has 1 saturated heterocycles. The molecule has 0 spiro atoms. The molecule has 4 aromatic rings. The van der Waals surface area contributed by atoms with Crippen LogP contribution < -0.4 is 10.2 Å². The minimum absolute atomic E-state index is 0.140. The van der Waals surface area contributed by atoms with E-state index < -0.39 is 0 Å². The van der Waals surface area contributed by atoms with Crippen molar-refractivity contribution in [3.63, 3.8) is 0 Å². The SMILES string of the molecule is O=C(NCc1nc2ccccc2[nH]1)c1cc(N2CCOCC2)nc2ccccc12. The number of morpholine rings is 1. The Morgan fingerprint density at radius 3 is 2.62 bits per heavy atom. The van der Waals surface area contributed by atoms with Gasteiger partial charge in [-0.1, -0.05) is 30.3 Å². The summed E-state index contributed by atoms with van der Waals surface area (Å²) in [5.74, 6) is 1.39. The zero-order valence-corrected chi connectivity index (χ0v) is 15.9. The Labute approximate surface area is 167 Å². The topological polar surface area (TPSA) is 83.1 Å². The predicted octanol–water partition coefficient (Wildman–Crippen LogP) is 2.88. The molecule has 0 saturated carbocycles. The third-order valence-electron chi connectivity index (χ3n) is 5.14. The molecule has 1 aliphatic rings. The summed E-state index contributed by atoms with van der Waals surface area (Å²) in [5.41, 5.74) is 3.28.